The third kappa shape index (κ3) is 2.42. The van der Waals surface area contributed by atoms with Gasteiger partial charge in [0.2, 0.25) is 0 Å². The molecular formula is C9H10N2S3. The van der Waals surface area contributed by atoms with Gasteiger partial charge in [-0.3, -0.25) is 0 Å². The molecule has 1 heterocycles. The second-order valence-electron chi connectivity index (χ2n) is 2.92. The monoisotopic (exact) mass is 242 g/mol. The second-order valence-corrected chi connectivity index (χ2v) is 6.59. The number of thiazole rings is 1. The first-order valence-corrected chi connectivity index (χ1v) is 7.05. The Balaban J connectivity index is 2.19. The van der Waals surface area contributed by atoms with Crippen LogP contribution < -0.4 is 0 Å². The second kappa shape index (κ2) is 4.53. The number of rotatable bonds is 3. The molecule has 0 N–H and O–H groups in total. The van der Waals surface area contributed by atoms with Gasteiger partial charge >= 0.3 is 0 Å². The van der Waals surface area contributed by atoms with Crippen LogP contribution in [0.2, 0.25) is 0 Å². The van der Waals surface area contributed by atoms with Crippen molar-refractivity contribution < 1.29 is 0 Å². The molecule has 0 saturated heterocycles. The van der Waals surface area contributed by atoms with E-state index in [9.17, 15) is 0 Å². The van der Waals surface area contributed by atoms with Crippen LogP contribution >= 0.6 is 33.1 Å². The number of benzene rings is 1. The standard InChI is InChI=1S/C9H10N2S3/c1-11(2)14-13-9-10-7-5-3-4-6-8(7)12-9/h3-6H,1-2H3. The molecule has 0 aliphatic rings. The van der Waals surface area contributed by atoms with Gasteiger partial charge in [0, 0.05) is 0 Å². The van der Waals surface area contributed by atoms with Crippen LogP contribution in [0.25, 0.3) is 10.2 Å². The normalized spacial score (nSPS) is 11.4. The van der Waals surface area contributed by atoms with Crippen LogP contribution in [0.1, 0.15) is 0 Å². The zero-order valence-electron chi connectivity index (χ0n) is 7.93. The van der Waals surface area contributed by atoms with Gasteiger partial charge in [0.05, 0.1) is 10.2 Å². The quantitative estimate of drug-likeness (QED) is 0.604. The minimum Gasteiger partial charge on any atom is -0.247 e. The van der Waals surface area contributed by atoms with Crippen molar-refractivity contribution in [2.75, 3.05) is 14.1 Å². The molecule has 0 atom stereocenters. The largest absolute Gasteiger partial charge is 0.247 e. The number of aromatic nitrogens is 1. The van der Waals surface area contributed by atoms with E-state index < -0.39 is 0 Å². The summed E-state index contributed by atoms with van der Waals surface area (Å²) in [6, 6.07) is 8.23. The number of fused-ring (bicyclic) bond motifs is 1. The van der Waals surface area contributed by atoms with Gasteiger partial charge in [0.15, 0.2) is 4.34 Å². The number of hydrogen-bond acceptors (Lipinski definition) is 5. The highest BCUT2D eigenvalue weighted by Crippen LogP contribution is 2.37. The molecule has 0 aliphatic heterocycles. The Bertz CT molecular complexity index is 392. The SMILES string of the molecule is CN(C)SSc1nc2ccccc2s1. The summed E-state index contributed by atoms with van der Waals surface area (Å²) in [6.45, 7) is 0. The van der Waals surface area contributed by atoms with E-state index in [-0.39, 0.29) is 0 Å². The van der Waals surface area contributed by atoms with Crippen molar-refractivity contribution in [3.8, 4) is 0 Å². The molecule has 14 heavy (non-hydrogen) atoms. The lowest BCUT2D eigenvalue weighted by molar-refractivity contribution is 0.711. The Morgan fingerprint density at radius 3 is 2.79 bits per heavy atom. The van der Waals surface area contributed by atoms with E-state index in [1.807, 2.05) is 26.2 Å². The maximum atomic E-state index is 4.52. The highest BCUT2D eigenvalue weighted by Gasteiger charge is 2.04. The maximum Gasteiger partial charge on any atom is 0.162 e. The van der Waals surface area contributed by atoms with Crippen LogP contribution in [0.3, 0.4) is 0 Å². The molecule has 0 bridgehead atoms. The Morgan fingerprint density at radius 2 is 2.07 bits per heavy atom. The first kappa shape index (κ1) is 10.3. The van der Waals surface area contributed by atoms with Crippen LogP contribution in [0.4, 0.5) is 0 Å². The molecule has 0 unspecified atom stereocenters. The van der Waals surface area contributed by atoms with Crippen molar-refractivity contribution >= 4 is 43.3 Å². The minimum absolute atomic E-state index is 1.10. The van der Waals surface area contributed by atoms with Gasteiger partial charge in [-0.15, -0.1) is 11.3 Å². The van der Waals surface area contributed by atoms with Gasteiger partial charge in [-0.25, -0.2) is 9.29 Å². The fourth-order valence-corrected chi connectivity index (χ4v) is 3.77. The fourth-order valence-electron chi connectivity index (χ4n) is 0.993. The highest BCUT2D eigenvalue weighted by atomic mass is 33.1. The van der Waals surface area contributed by atoms with Crippen molar-refractivity contribution in [2.24, 2.45) is 0 Å². The molecular weight excluding hydrogens is 232 g/mol. The van der Waals surface area contributed by atoms with Gasteiger partial charge in [0.25, 0.3) is 0 Å². The Hall–Kier alpha value is -0.230. The summed E-state index contributed by atoms with van der Waals surface area (Å²) in [4.78, 5) is 4.52. The first-order valence-electron chi connectivity index (χ1n) is 4.13. The average molecular weight is 242 g/mol. The Kier molecular flexibility index (Phi) is 3.33. The summed E-state index contributed by atoms with van der Waals surface area (Å²) in [6.07, 6.45) is 0. The number of nitrogens with zero attached hydrogens (tertiary/aromatic N) is 2. The maximum absolute atomic E-state index is 4.52. The molecule has 1 aromatic carbocycles. The van der Waals surface area contributed by atoms with Crippen LogP contribution in [0.5, 0.6) is 0 Å². The van der Waals surface area contributed by atoms with E-state index in [0.717, 1.165) is 9.86 Å². The van der Waals surface area contributed by atoms with Gasteiger partial charge in [-0.1, -0.05) is 12.1 Å². The van der Waals surface area contributed by atoms with E-state index in [4.69, 9.17) is 0 Å². The van der Waals surface area contributed by atoms with E-state index in [1.165, 1.54) is 4.70 Å². The average Bonchev–Trinajstić information content (AvgIpc) is 2.57. The summed E-state index contributed by atoms with van der Waals surface area (Å²) in [5, 5.41) is 0. The minimum atomic E-state index is 1.10. The molecule has 0 radical (unpaired) electrons. The molecule has 5 heteroatoms. The molecule has 0 aliphatic carbocycles. The smallest absolute Gasteiger partial charge is 0.162 e. The summed E-state index contributed by atoms with van der Waals surface area (Å²) in [5.41, 5.74) is 1.10. The van der Waals surface area contributed by atoms with Crippen LogP contribution in [0.15, 0.2) is 28.6 Å². The van der Waals surface area contributed by atoms with Gasteiger partial charge in [-0.05, 0) is 48.0 Å². The predicted octanol–water partition coefficient (Wildman–Crippen LogP) is 3.51. The van der Waals surface area contributed by atoms with E-state index in [0.29, 0.717) is 0 Å². The van der Waals surface area contributed by atoms with Gasteiger partial charge in [-0.2, -0.15) is 0 Å². The molecule has 0 saturated carbocycles. The molecule has 2 aromatic rings. The van der Waals surface area contributed by atoms with E-state index in [2.05, 4.69) is 21.4 Å². The number of hydrogen-bond donors (Lipinski definition) is 0. The third-order valence-corrected chi connectivity index (χ3v) is 5.38. The summed E-state index contributed by atoms with van der Waals surface area (Å²) in [5.74, 6) is 0. The summed E-state index contributed by atoms with van der Waals surface area (Å²) < 4.78 is 4.44. The Labute approximate surface area is 95.2 Å². The molecule has 2 nitrogen and oxygen atoms in total. The molecule has 1 aromatic heterocycles. The van der Waals surface area contributed by atoms with Crippen molar-refractivity contribution in [3.05, 3.63) is 24.3 Å². The van der Waals surface area contributed by atoms with Crippen molar-refractivity contribution in [1.29, 1.82) is 0 Å². The highest BCUT2D eigenvalue weighted by molar-refractivity contribution is 8.76. The number of para-hydroxylation sites is 1. The lowest BCUT2D eigenvalue weighted by atomic mass is 10.3. The van der Waals surface area contributed by atoms with Gasteiger partial charge < -0.3 is 0 Å². The fraction of sp³-hybridized carbons (Fsp3) is 0.222. The van der Waals surface area contributed by atoms with E-state index in [1.54, 1.807) is 33.1 Å². The van der Waals surface area contributed by atoms with Crippen LogP contribution in [-0.4, -0.2) is 23.4 Å². The first-order chi connectivity index (χ1) is 6.75. The molecule has 2 rings (SSSR count). The van der Waals surface area contributed by atoms with Crippen LogP contribution in [0, 0.1) is 0 Å². The molecule has 74 valence electrons. The zero-order chi connectivity index (χ0) is 9.97. The Morgan fingerprint density at radius 1 is 1.29 bits per heavy atom. The molecule has 0 spiro atoms. The summed E-state index contributed by atoms with van der Waals surface area (Å²) in [7, 11) is 7.47. The van der Waals surface area contributed by atoms with Crippen molar-refractivity contribution in [2.45, 2.75) is 4.34 Å². The lowest BCUT2D eigenvalue weighted by Crippen LogP contribution is -1.95. The zero-order valence-corrected chi connectivity index (χ0v) is 10.4. The third-order valence-electron chi connectivity index (χ3n) is 1.53. The van der Waals surface area contributed by atoms with Crippen molar-refractivity contribution in [3.63, 3.8) is 0 Å². The lowest BCUT2D eigenvalue weighted by Gasteiger charge is -2.03. The molecule has 0 amide bonds. The van der Waals surface area contributed by atoms with Gasteiger partial charge in [0.1, 0.15) is 0 Å². The van der Waals surface area contributed by atoms with E-state index >= 15 is 0 Å². The molecule has 0 fully saturated rings. The van der Waals surface area contributed by atoms with Crippen molar-refractivity contribution in [1.82, 2.24) is 9.29 Å². The topological polar surface area (TPSA) is 16.1 Å². The summed E-state index contributed by atoms with van der Waals surface area (Å²) >= 11 is 1.74. The van der Waals surface area contributed by atoms with Crippen LogP contribution in [-0.2, 0) is 0 Å². The predicted molar refractivity (Wildman–Crippen MR) is 66.8 cm³/mol.